The second-order valence-corrected chi connectivity index (χ2v) is 9.56. The Morgan fingerprint density at radius 2 is 1.92 bits per heavy atom. The lowest BCUT2D eigenvalue weighted by molar-refractivity contribution is 0.0516. The normalized spacial score (nSPS) is 15.2. The molecule has 0 spiro atoms. The fourth-order valence-electron chi connectivity index (χ4n) is 4.69. The molecule has 7 nitrogen and oxygen atoms in total. The Bertz CT molecular complexity index is 1210. The highest BCUT2D eigenvalue weighted by Gasteiger charge is 2.34. The van der Waals surface area contributed by atoms with Crippen LogP contribution in [0.1, 0.15) is 64.8 Å². The molecule has 36 heavy (non-hydrogen) atoms. The summed E-state index contributed by atoms with van der Waals surface area (Å²) < 4.78 is 33.3. The fourth-order valence-corrected chi connectivity index (χ4v) is 4.69. The number of benzene rings is 1. The van der Waals surface area contributed by atoms with E-state index in [0.29, 0.717) is 42.8 Å². The fraction of sp³-hybridized carbons (Fsp3) is 0.407. The highest BCUT2D eigenvalue weighted by atomic mass is 19.1. The molecule has 9 heteroatoms. The average Bonchev–Trinajstić information content (AvgIpc) is 3.39. The molecular formula is C27H30F2N4O3. The lowest BCUT2D eigenvalue weighted by Crippen LogP contribution is -2.48. The van der Waals surface area contributed by atoms with Gasteiger partial charge in [0.05, 0.1) is 5.56 Å². The van der Waals surface area contributed by atoms with E-state index >= 15 is 0 Å². The number of rotatable bonds is 7. The Morgan fingerprint density at radius 3 is 2.53 bits per heavy atom. The lowest BCUT2D eigenvalue weighted by Gasteiger charge is -2.40. The number of amides is 2. The summed E-state index contributed by atoms with van der Waals surface area (Å²) in [7, 11) is 1.70. The zero-order valence-electron chi connectivity index (χ0n) is 20.7. The number of carbonyl (C=O) groups excluding carboxylic acids is 2. The van der Waals surface area contributed by atoms with Crippen molar-refractivity contribution in [2.75, 3.05) is 20.1 Å². The molecule has 3 aromatic rings. The summed E-state index contributed by atoms with van der Waals surface area (Å²) in [5, 5.41) is 3.93. The predicted molar refractivity (Wildman–Crippen MR) is 129 cm³/mol. The van der Waals surface area contributed by atoms with Crippen molar-refractivity contribution >= 4 is 11.8 Å². The van der Waals surface area contributed by atoms with E-state index in [1.807, 2.05) is 13.8 Å². The number of halogens is 2. The van der Waals surface area contributed by atoms with Crippen LogP contribution in [0.15, 0.2) is 53.3 Å². The number of hydrogen-bond acceptors (Lipinski definition) is 5. The lowest BCUT2D eigenvalue weighted by atomic mass is 9.84. The van der Waals surface area contributed by atoms with Crippen molar-refractivity contribution in [2.24, 2.45) is 5.92 Å². The largest absolute Gasteiger partial charge is 0.360 e. The number of hydrogen-bond donors (Lipinski definition) is 0. The molecule has 0 unspecified atom stereocenters. The monoisotopic (exact) mass is 496 g/mol. The zero-order valence-corrected chi connectivity index (χ0v) is 20.7. The summed E-state index contributed by atoms with van der Waals surface area (Å²) in [4.78, 5) is 33.6. The standard InChI is InChI=1S/C27H30F2N4O3/c1-17(2)25-15-23(31-36-25)27(35)33-11-8-18(9-12-33)24(13-19-6-7-21(28)14-22(19)29)32(3)26(34)20-5-4-10-30-16-20/h4-7,10,14-18,24H,8-9,11-13H2,1-3H3/t24-/m0/s1. The van der Waals surface area contributed by atoms with Crippen LogP contribution in [0.4, 0.5) is 8.78 Å². The van der Waals surface area contributed by atoms with Gasteiger partial charge in [0.15, 0.2) is 5.69 Å². The maximum atomic E-state index is 14.6. The first-order valence-corrected chi connectivity index (χ1v) is 12.1. The van der Waals surface area contributed by atoms with Gasteiger partial charge < -0.3 is 14.3 Å². The first-order valence-electron chi connectivity index (χ1n) is 12.1. The van der Waals surface area contributed by atoms with Gasteiger partial charge in [-0.3, -0.25) is 14.6 Å². The van der Waals surface area contributed by atoms with Crippen molar-refractivity contribution < 1.29 is 22.9 Å². The van der Waals surface area contributed by atoms with Gasteiger partial charge in [0, 0.05) is 56.6 Å². The molecule has 1 aromatic carbocycles. The van der Waals surface area contributed by atoms with Crippen LogP contribution in [-0.4, -0.2) is 57.9 Å². The maximum Gasteiger partial charge on any atom is 0.276 e. The Kier molecular flexibility index (Phi) is 7.76. The third-order valence-corrected chi connectivity index (χ3v) is 6.86. The molecule has 0 radical (unpaired) electrons. The number of aromatic nitrogens is 2. The highest BCUT2D eigenvalue weighted by Crippen LogP contribution is 2.29. The number of piperidine rings is 1. The van der Waals surface area contributed by atoms with Crippen LogP contribution in [0.3, 0.4) is 0 Å². The molecule has 2 aromatic heterocycles. The molecule has 2 amide bonds. The van der Waals surface area contributed by atoms with Crippen LogP contribution in [-0.2, 0) is 6.42 Å². The first-order chi connectivity index (χ1) is 17.2. The van der Waals surface area contributed by atoms with Crippen LogP contribution < -0.4 is 0 Å². The Hall–Kier alpha value is -3.62. The minimum Gasteiger partial charge on any atom is -0.360 e. The number of pyridine rings is 1. The molecule has 0 bridgehead atoms. The van der Waals surface area contributed by atoms with Gasteiger partial charge in [-0.2, -0.15) is 0 Å². The van der Waals surface area contributed by atoms with E-state index in [9.17, 15) is 18.4 Å². The van der Waals surface area contributed by atoms with E-state index < -0.39 is 11.6 Å². The highest BCUT2D eigenvalue weighted by molar-refractivity contribution is 5.94. The molecule has 0 N–H and O–H groups in total. The second kappa shape index (κ2) is 11.0. The van der Waals surface area contributed by atoms with Crippen molar-refractivity contribution in [1.82, 2.24) is 19.9 Å². The van der Waals surface area contributed by atoms with Crippen molar-refractivity contribution in [2.45, 2.75) is 45.1 Å². The summed E-state index contributed by atoms with van der Waals surface area (Å²) in [6.07, 6.45) is 4.57. The average molecular weight is 497 g/mol. The van der Waals surface area contributed by atoms with Crippen molar-refractivity contribution in [3.05, 3.63) is 83.0 Å². The Morgan fingerprint density at radius 1 is 1.17 bits per heavy atom. The van der Waals surface area contributed by atoms with E-state index in [1.165, 1.54) is 18.3 Å². The predicted octanol–water partition coefficient (Wildman–Crippen LogP) is 4.71. The number of carbonyl (C=O) groups is 2. The van der Waals surface area contributed by atoms with Gasteiger partial charge in [-0.1, -0.05) is 25.1 Å². The van der Waals surface area contributed by atoms with Gasteiger partial charge >= 0.3 is 0 Å². The molecule has 1 atom stereocenters. The molecule has 3 heterocycles. The van der Waals surface area contributed by atoms with Crippen LogP contribution >= 0.6 is 0 Å². The molecule has 4 rings (SSSR count). The Labute approximate surface area is 209 Å². The maximum absolute atomic E-state index is 14.6. The van der Waals surface area contributed by atoms with Crippen molar-refractivity contribution in [3.8, 4) is 0 Å². The second-order valence-electron chi connectivity index (χ2n) is 9.56. The molecule has 1 aliphatic rings. The molecule has 1 aliphatic heterocycles. The van der Waals surface area contributed by atoms with Gasteiger partial charge in [-0.25, -0.2) is 8.78 Å². The van der Waals surface area contributed by atoms with E-state index in [0.717, 1.165) is 6.07 Å². The zero-order chi connectivity index (χ0) is 25.8. The summed E-state index contributed by atoms with van der Waals surface area (Å²) in [5.74, 6) is -0.902. The molecule has 190 valence electrons. The molecule has 1 fully saturated rings. The van der Waals surface area contributed by atoms with Crippen molar-refractivity contribution in [1.29, 1.82) is 0 Å². The molecule has 0 aliphatic carbocycles. The summed E-state index contributed by atoms with van der Waals surface area (Å²) >= 11 is 0. The number of nitrogens with zero attached hydrogens (tertiary/aromatic N) is 4. The topological polar surface area (TPSA) is 79.5 Å². The first kappa shape index (κ1) is 25.5. The van der Waals surface area contributed by atoms with Gasteiger partial charge in [0.2, 0.25) is 0 Å². The smallest absolute Gasteiger partial charge is 0.276 e. The van der Waals surface area contributed by atoms with E-state index in [1.54, 1.807) is 41.2 Å². The van der Waals surface area contributed by atoms with Gasteiger partial charge in [0.1, 0.15) is 17.4 Å². The molecule has 1 saturated heterocycles. The van der Waals surface area contributed by atoms with Gasteiger partial charge in [0.25, 0.3) is 11.8 Å². The number of likely N-dealkylation sites (tertiary alicyclic amines) is 1. The van der Waals surface area contributed by atoms with Crippen LogP contribution in [0.5, 0.6) is 0 Å². The minimum atomic E-state index is -0.645. The van der Waals surface area contributed by atoms with Gasteiger partial charge in [-0.15, -0.1) is 0 Å². The van der Waals surface area contributed by atoms with Crippen LogP contribution in [0.25, 0.3) is 0 Å². The van der Waals surface area contributed by atoms with E-state index in [2.05, 4.69) is 10.1 Å². The number of likely N-dealkylation sites (N-methyl/N-ethyl adjacent to an activating group) is 1. The van der Waals surface area contributed by atoms with Gasteiger partial charge in [-0.05, 0) is 48.9 Å². The molecule has 0 saturated carbocycles. The van der Waals surface area contributed by atoms with Crippen LogP contribution in [0, 0.1) is 17.6 Å². The SMILES string of the molecule is CC(C)c1cc(C(=O)N2CCC([C@H](Cc3ccc(F)cc3F)N(C)C(=O)c3cccnc3)CC2)no1. The minimum absolute atomic E-state index is 0.00709. The summed E-state index contributed by atoms with van der Waals surface area (Å²) in [5.41, 5.74) is 1.06. The quantitative estimate of drug-likeness (QED) is 0.474. The molecular weight excluding hydrogens is 466 g/mol. The van der Waals surface area contributed by atoms with Crippen LogP contribution in [0.2, 0.25) is 0 Å². The van der Waals surface area contributed by atoms with E-state index in [4.69, 9.17) is 4.52 Å². The Balaban J connectivity index is 1.51. The summed E-state index contributed by atoms with van der Waals surface area (Å²) in [6.45, 7) is 4.89. The van der Waals surface area contributed by atoms with E-state index in [-0.39, 0.29) is 41.8 Å². The summed E-state index contributed by atoms with van der Waals surface area (Å²) in [6, 6.07) is 8.22. The van der Waals surface area contributed by atoms with Crippen molar-refractivity contribution in [3.63, 3.8) is 0 Å². The third-order valence-electron chi connectivity index (χ3n) is 6.86. The third kappa shape index (κ3) is 5.61.